The van der Waals surface area contributed by atoms with E-state index in [1.165, 1.54) is 0 Å². The fourth-order valence-corrected chi connectivity index (χ4v) is 2.83. The first-order chi connectivity index (χ1) is 10.00. The molecule has 1 aliphatic heterocycles. The maximum Gasteiger partial charge on any atom is 0.329 e. The molecule has 1 fully saturated rings. The van der Waals surface area contributed by atoms with Crippen LogP contribution in [0.15, 0.2) is 4.42 Å². The van der Waals surface area contributed by atoms with E-state index in [0.29, 0.717) is 5.89 Å². The molecule has 1 aromatic heterocycles. The highest BCUT2D eigenvalue weighted by Gasteiger charge is 2.23. The fraction of sp³-hybridized carbons (Fsp3) is 0.727. The lowest BCUT2D eigenvalue weighted by atomic mass is 10.2. The number of rotatable bonds is 7. The summed E-state index contributed by atoms with van der Waals surface area (Å²) in [7, 11) is -3.73. The van der Waals surface area contributed by atoms with Gasteiger partial charge in [-0.15, -0.1) is 5.10 Å². The summed E-state index contributed by atoms with van der Waals surface area (Å²) < 4.78 is 35.6. The average Bonchev–Trinajstić information content (AvgIpc) is 3.07. The van der Waals surface area contributed by atoms with Crippen LogP contribution in [0.1, 0.15) is 38.1 Å². The van der Waals surface area contributed by atoms with E-state index in [2.05, 4.69) is 25.0 Å². The third kappa shape index (κ3) is 4.67. The van der Waals surface area contributed by atoms with Crippen molar-refractivity contribution in [3.05, 3.63) is 5.89 Å². The zero-order valence-electron chi connectivity index (χ0n) is 11.7. The number of aromatic nitrogens is 2. The summed E-state index contributed by atoms with van der Waals surface area (Å²) in [6.45, 7) is 2.74. The molecule has 1 unspecified atom stereocenters. The second-order valence-corrected chi connectivity index (χ2v) is 6.41. The molecule has 1 aliphatic rings. The standard InChI is InChI=1S/C11H18N4O5S/c1-2-19-9(16)5-7-21(17,18)15-11-14-13-10(20-11)8-4-3-6-12-8/h8,12H,2-7H2,1H3,(H,14,15). The molecule has 0 aromatic carbocycles. The second kappa shape index (κ2) is 6.85. The summed E-state index contributed by atoms with van der Waals surface area (Å²) in [5.74, 6) is -0.606. The van der Waals surface area contributed by atoms with Crippen molar-refractivity contribution in [1.29, 1.82) is 0 Å². The number of carbonyl (C=O) groups excluding carboxylic acids is 1. The lowest BCUT2D eigenvalue weighted by Crippen LogP contribution is -2.20. The summed E-state index contributed by atoms with van der Waals surface area (Å²) in [5.41, 5.74) is 0. The zero-order valence-corrected chi connectivity index (χ0v) is 12.5. The third-order valence-corrected chi connectivity index (χ3v) is 4.15. The minimum Gasteiger partial charge on any atom is -0.466 e. The van der Waals surface area contributed by atoms with Gasteiger partial charge in [0.2, 0.25) is 15.9 Å². The molecule has 0 bridgehead atoms. The Morgan fingerprint density at radius 1 is 1.52 bits per heavy atom. The van der Waals surface area contributed by atoms with E-state index in [9.17, 15) is 13.2 Å². The number of sulfonamides is 1. The molecule has 2 N–H and O–H groups in total. The first kappa shape index (κ1) is 15.7. The van der Waals surface area contributed by atoms with E-state index in [1.54, 1.807) is 6.92 Å². The Kier molecular flexibility index (Phi) is 5.12. The highest BCUT2D eigenvalue weighted by atomic mass is 32.2. The molecular formula is C11H18N4O5S. The van der Waals surface area contributed by atoms with Gasteiger partial charge in [-0.2, -0.15) is 0 Å². The number of esters is 1. The molecule has 9 nitrogen and oxygen atoms in total. The molecule has 1 atom stereocenters. The molecule has 1 saturated heterocycles. The van der Waals surface area contributed by atoms with Gasteiger partial charge in [0.25, 0.3) is 0 Å². The van der Waals surface area contributed by atoms with Crippen LogP contribution in [-0.4, -0.2) is 43.5 Å². The minimum absolute atomic E-state index is 0.0321. The Morgan fingerprint density at radius 3 is 3.00 bits per heavy atom. The molecule has 21 heavy (non-hydrogen) atoms. The molecular weight excluding hydrogens is 300 g/mol. The van der Waals surface area contributed by atoms with Crippen molar-refractivity contribution in [2.24, 2.45) is 0 Å². The number of hydrogen-bond donors (Lipinski definition) is 2. The Balaban J connectivity index is 1.89. The van der Waals surface area contributed by atoms with Gasteiger partial charge in [-0.05, 0) is 26.3 Å². The average molecular weight is 318 g/mol. The normalized spacial score (nSPS) is 18.6. The molecule has 1 aromatic rings. The van der Waals surface area contributed by atoms with Crippen molar-refractivity contribution < 1.29 is 22.4 Å². The highest BCUT2D eigenvalue weighted by molar-refractivity contribution is 7.92. The maximum absolute atomic E-state index is 11.8. The molecule has 0 amide bonds. The topological polar surface area (TPSA) is 123 Å². The highest BCUT2D eigenvalue weighted by Crippen LogP contribution is 2.23. The first-order valence-electron chi connectivity index (χ1n) is 6.73. The molecule has 0 saturated carbocycles. The van der Waals surface area contributed by atoms with E-state index in [0.717, 1.165) is 19.4 Å². The number of anilines is 1. The van der Waals surface area contributed by atoms with Crippen molar-refractivity contribution in [3.63, 3.8) is 0 Å². The van der Waals surface area contributed by atoms with Crippen molar-refractivity contribution >= 4 is 22.0 Å². The van der Waals surface area contributed by atoms with Crippen LogP contribution in [0.4, 0.5) is 6.01 Å². The molecule has 10 heteroatoms. The quantitative estimate of drug-likeness (QED) is 0.683. The van der Waals surface area contributed by atoms with E-state index < -0.39 is 21.7 Å². The zero-order chi connectivity index (χ0) is 15.3. The van der Waals surface area contributed by atoms with E-state index in [1.807, 2.05) is 0 Å². The second-order valence-electron chi connectivity index (χ2n) is 4.57. The predicted octanol–water partition coefficient (Wildman–Crippen LogP) is 0.189. The van der Waals surface area contributed by atoms with Gasteiger partial charge < -0.3 is 14.5 Å². The molecule has 0 spiro atoms. The van der Waals surface area contributed by atoms with Crippen LogP contribution in [0.3, 0.4) is 0 Å². The van der Waals surface area contributed by atoms with Crippen LogP contribution in [0.5, 0.6) is 0 Å². The van der Waals surface area contributed by atoms with Gasteiger partial charge in [0, 0.05) is 0 Å². The summed E-state index contributed by atoms with van der Waals surface area (Å²) in [6, 6.07) is -0.224. The Morgan fingerprint density at radius 2 is 2.33 bits per heavy atom. The maximum atomic E-state index is 11.8. The van der Waals surface area contributed by atoms with Crippen molar-refractivity contribution in [3.8, 4) is 0 Å². The molecule has 0 radical (unpaired) electrons. The van der Waals surface area contributed by atoms with Crippen LogP contribution < -0.4 is 10.0 Å². The van der Waals surface area contributed by atoms with E-state index >= 15 is 0 Å². The SMILES string of the molecule is CCOC(=O)CCS(=O)(=O)Nc1nnc(C2CCCN2)o1. The molecule has 0 aliphatic carbocycles. The van der Waals surface area contributed by atoms with E-state index in [4.69, 9.17) is 4.42 Å². The lowest BCUT2D eigenvalue weighted by molar-refractivity contribution is -0.142. The Labute approximate surface area is 122 Å². The summed E-state index contributed by atoms with van der Waals surface area (Å²) in [4.78, 5) is 11.1. The van der Waals surface area contributed by atoms with Crippen molar-refractivity contribution in [2.45, 2.75) is 32.2 Å². The predicted molar refractivity (Wildman–Crippen MR) is 72.9 cm³/mol. The number of carbonyl (C=O) groups is 1. The Hall–Kier alpha value is -1.68. The monoisotopic (exact) mass is 318 g/mol. The molecule has 2 heterocycles. The van der Waals surface area contributed by atoms with Crippen molar-refractivity contribution in [2.75, 3.05) is 23.6 Å². The smallest absolute Gasteiger partial charge is 0.329 e. The van der Waals surface area contributed by atoms with E-state index in [-0.39, 0.29) is 25.1 Å². The lowest BCUT2D eigenvalue weighted by Gasteiger charge is -2.04. The largest absolute Gasteiger partial charge is 0.466 e. The van der Waals surface area contributed by atoms with Gasteiger partial charge in [0.15, 0.2) is 0 Å². The molecule has 118 valence electrons. The van der Waals surface area contributed by atoms with Gasteiger partial charge in [-0.1, -0.05) is 5.10 Å². The number of ether oxygens (including phenoxy) is 1. The van der Waals surface area contributed by atoms with Crippen LogP contribution >= 0.6 is 0 Å². The fourth-order valence-electron chi connectivity index (χ4n) is 1.95. The summed E-state index contributed by atoms with van der Waals surface area (Å²) in [6.07, 6.45) is 1.65. The van der Waals surface area contributed by atoms with Crippen LogP contribution in [0, 0.1) is 0 Å². The summed E-state index contributed by atoms with van der Waals surface area (Å²) in [5, 5.41) is 10.6. The van der Waals surface area contributed by atoms with Crippen LogP contribution in [0.25, 0.3) is 0 Å². The molecule has 2 rings (SSSR count). The number of nitrogens with zero attached hydrogens (tertiary/aromatic N) is 2. The van der Waals surface area contributed by atoms with Crippen LogP contribution in [-0.2, 0) is 19.6 Å². The first-order valence-corrected chi connectivity index (χ1v) is 8.38. The number of nitrogens with one attached hydrogen (secondary N) is 2. The summed E-state index contributed by atoms with van der Waals surface area (Å²) >= 11 is 0. The van der Waals surface area contributed by atoms with Crippen molar-refractivity contribution in [1.82, 2.24) is 15.5 Å². The van der Waals surface area contributed by atoms with Gasteiger partial charge >= 0.3 is 12.0 Å². The van der Waals surface area contributed by atoms with Gasteiger partial charge in [0.1, 0.15) is 0 Å². The minimum atomic E-state index is -3.73. The van der Waals surface area contributed by atoms with Gasteiger partial charge in [-0.25, -0.2) is 13.1 Å². The third-order valence-electron chi connectivity index (χ3n) is 2.92. The van der Waals surface area contributed by atoms with Crippen LogP contribution in [0.2, 0.25) is 0 Å². The van der Waals surface area contributed by atoms with Gasteiger partial charge in [-0.3, -0.25) is 4.79 Å². The Bertz CT molecular complexity index is 579. The number of hydrogen-bond acceptors (Lipinski definition) is 8. The van der Waals surface area contributed by atoms with Gasteiger partial charge in [0.05, 0.1) is 24.8 Å².